The van der Waals surface area contributed by atoms with Crippen molar-refractivity contribution in [1.29, 1.82) is 0 Å². The molecule has 1 rings (SSSR count). The third-order valence-electron chi connectivity index (χ3n) is 1.70. The van der Waals surface area contributed by atoms with Gasteiger partial charge in [-0.2, -0.15) is 0 Å². The summed E-state index contributed by atoms with van der Waals surface area (Å²) < 4.78 is 18.1. The number of hydrogen-bond acceptors (Lipinski definition) is 2. The average Bonchev–Trinajstić information content (AvgIpc) is 2.04. The van der Waals surface area contributed by atoms with Crippen LogP contribution in [0.15, 0.2) is 18.2 Å². The molecule has 1 atom stereocenters. The molecule has 0 aliphatic rings. The Morgan fingerprint density at radius 3 is 2.67 bits per heavy atom. The van der Waals surface area contributed by atoms with Gasteiger partial charge in [0.25, 0.3) is 0 Å². The van der Waals surface area contributed by atoms with Gasteiger partial charge in [-0.05, 0) is 13.0 Å². The maximum absolute atomic E-state index is 13.3. The van der Waals surface area contributed by atoms with E-state index >= 15 is 0 Å². The lowest BCUT2D eigenvalue weighted by Crippen LogP contribution is -2.07. The molecule has 0 aliphatic carbocycles. The predicted octanol–water partition coefficient (Wildman–Crippen LogP) is 1.85. The quantitative estimate of drug-likeness (QED) is 0.733. The summed E-state index contributed by atoms with van der Waals surface area (Å²) in [4.78, 5) is 0. The van der Waals surface area contributed by atoms with Crippen LogP contribution in [0.25, 0.3) is 0 Å². The van der Waals surface area contributed by atoms with Crippen LogP contribution in [0.5, 0.6) is 5.75 Å². The number of rotatable bonds is 2. The van der Waals surface area contributed by atoms with Gasteiger partial charge < -0.3 is 10.5 Å². The van der Waals surface area contributed by atoms with Gasteiger partial charge in [-0.15, -0.1) is 0 Å². The average molecular weight is 169 g/mol. The van der Waals surface area contributed by atoms with Crippen molar-refractivity contribution in [2.75, 3.05) is 7.11 Å². The van der Waals surface area contributed by atoms with E-state index in [-0.39, 0.29) is 17.6 Å². The topological polar surface area (TPSA) is 35.2 Å². The molecule has 2 nitrogen and oxygen atoms in total. The van der Waals surface area contributed by atoms with Crippen LogP contribution >= 0.6 is 0 Å². The third-order valence-corrected chi connectivity index (χ3v) is 1.70. The molecule has 0 aliphatic heterocycles. The second-order valence-corrected chi connectivity index (χ2v) is 2.65. The van der Waals surface area contributed by atoms with Gasteiger partial charge >= 0.3 is 0 Å². The van der Waals surface area contributed by atoms with Crippen LogP contribution in [0.3, 0.4) is 0 Å². The summed E-state index contributed by atoms with van der Waals surface area (Å²) in [5.74, 6) is -0.125. The second-order valence-electron chi connectivity index (χ2n) is 2.65. The lowest BCUT2D eigenvalue weighted by Gasteiger charge is -2.09. The van der Waals surface area contributed by atoms with Gasteiger partial charge in [-0.25, -0.2) is 4.39 Å². The largest absolute Gasteiger partial charge is 0.494 e. The first-order valence-electron chi connectivity index (χ1n) is 3.74. The van der Waals surface area contributed by atoms with Gasteiger partial charge in [0.1, 0.15) is 0 Å². The van der Waals surface area contributed by atoms with Crippen LogP contribution in [-0.4, -0.2) is 7.11 Å². The minimum absolute atomic E-state index is 0.241. The van der Waals surface area contributed by atoms with Gasteiger partial charge in [0.15, 0.2) is 11.6 Å². The molecule has 0 saturated heterocycles. The van der Waals surface area contributed by atoms with Crippen molar-refractivity contribution < 1.29 is 9.13 Å². The molecular weight excluding hydrogens is 157 g/mol. The number of ether oxygens (including phenoxy) is 1. The maximum Gasteiger partial charge on any atom is 0.169 e. The third kappa shape index (κ3) is 1.56. The minimum atomic E-state index is -0.366. The lowest BCUT2D eigenvalue weighted by atomic mass is 10.1. The van der Waals surface area contributed by atoms with Crippen molar-refractivity contribution in [3.8, 4) is 5.75 Å². The van der Waals surface area contributed by atoms with Gasteiger partial charge in [0.2, 0.25) is 0 Å². The van der Waals surface area contributed by atoms with E-state index in [9.17, 15) is 4.39 Å². The Labute approximate surface area is 71.1 Å². The molecule has 3 heteroatoms. The van der Waals surface area contributed by atoms with Crippen LogP contribution in [-0.2, 0) is 0 Å². The van der Waals surface area contributed by atoms with Crippen LogP contribution in [0.2, 0.25) is 0 Å². The van der Waals surface area contributed by atoms with Gasteiger partial charge in [0, 0.05) is 11.6 Å². The molecule has 12 heavy (non-hydrogen) atoms. The summed E-state index contributed by atoms with van der Waals surface area (Å²) in [5, 5.41) is 0. The van der Waals surface area contributed by atoms with E-state index in [4.69, 9.17) is 10.5 Å². The summed E-state index contributed by atoms with van der Waals surface area (Å²) in [5.41, 5.74) is 6.02. The highest BCUT2D eigenvalue weighted by molar-refractivity contribution is 5.32. The minimum Gasteiger partial charge on any atom is -0.494 e. The van der Waals surface area contributed by atoms with Crippen molar-refractivity contribution in [3.05, 3.63) is 29.6 Å². The Morgan fingerprint density at radius 2 is 2.17 bits per heavy atom. The molecule has 66 valence electrons. The van der Waals surface area contributed by atoms with Crippen LogP contribution in [0, 0.1) is 5.82 Å². The van der Waals surface area contributed by atoms with E-state index < -0.39 is 0 Å². The van der Waals surface area contributed by atoms with Crippen molar-refractivity contribution in [2.45, 2.75) is 13.0 Å². The monoisotopic (exact) mass is 169 g/mol. The van der Waals surface area contributed by atoms with Crippen molar-refractivity contribution >= 4 is 0 Å². The van der Waals surface area contributed by atoms with Crippen LogP contribution < -0.4 is 10.5 Å². The fourth-order valence-corrected chi connectivity index (χ4v) is 1.04. The van der Waals surface area contributed by atoms with Gasteiger partial charge in [-0.3, -0.25) is 0 Å². The molecule has 1 aromatic rings. The summed E-state index contributed by atoms with van der Waals surface area (Å²) in [7, 11) is 1.43. The molecule has 2 N–H and O–H groups in total. The maximum atomic E-state index is 13.3. The summed E-state index contributed by atoms with van der Waals surface area (Å²) in [6, 6.07) is 4.64. The fourth-order valence-electron chi connectivity index (χ4n) is 1.04. The Morgan fingerprint density at radius 1 is 1.50 bits per heavy atom. The van der Waals surface area contributed by atoms with Crippen molar-refractivity contribution in [1.82, 2.24) is 0 Å². The molecule has 0 fully saturated rings. The summed E-state index contributed by atoms with van der Waals surface area (Å²) in [6.45, 7) is 1.73. The van der Waals surface area contributed by atoms with E-state index in [1.165, 1.54) is 7.11 Å². The highest BCUT2D eigenvalue weighted by Gasteiger charge is 2.10. The first kappa shape index (κ1) is 9.00. The Kier molecular flexibility index (Phi) is 2.65. The molecule has 0 aromatic heterocycles. The molecule has 0 spiro atoms. The Balaban J connectivity index is 3.14. The number of nitrogens with two attached hydrogens (primary N) is 1. The molecule has 1 aromatic carbocycles. The normalized spacial score (nSPS) is 12.7. The SMILES string of the molecule is COc1cccc(C(C)N)c1F. The molecule has 0 saturated carbocycles. The second kappa shape index (κ2) is 3.54. The predicted molar refractivity (Wildman–Crippen MR) is 45.6 cm³/mol. The van der Waals surface area contributed by atoms with Gasteiger partial charge in [0.05, 0.1) is 7.11 Å². The summed E-state index contributed by atoms with van der Waals surface area (Å²) >= 11 is 0. The smallest absolute Gasteiger partial charge is 0.169 e. The highest BCUT2D eigenvalue weighted by atomic mass is 19.1. The molecule has 0 bridgehead atoms. The molecule has 0 heterocycles. The first-order chi connectivity index (χ1) is 5.66. The molecule has 0 radical (unpaired) electrons. The number of benzene rings is 1. The lowest BCUT2D eigenvalue weighted by molar-refractivity contribution is 0.383. The molecule has 1 unspecified atom stereocenters. The zero-order chi connectivity index (χ0) is 9.14. The van der Waals surface area contributed by atoms with Crippen molar-refractivity contribution in [2.24, 2.45) is 5.73 Å². The standard InChI is InChI=1S/C9H12FNO/c1-6(11)7-4-3-5-8(12-2)9(7)10/h3-6H,11H2,1-2H3. The Bertz CT molecular complexity index is 273. The van der Waals surface area contributed by atoms with E-state index in [0.717, 1.165) is 0 Å². The first-order valence-corrected chi connectivity index (χ1v) is 3.74. The number of halogens is 1. The van der Waals surface area contributed by atoms with Crippen LogP contribution in [0.4, 0.5) is 4.39 Å². The molecular formula is C9H12FNO. The van der Waals surface area contributed by atoms with E-state index in [1.54, 1.807) is 25.1 Å². The van der Waals surface area contributed by atoms with Gasteiger partial charge in [-0.1, -0.05) is 12.1 Å². The van der Waals surface area contributed by atoms with E-state index in [1.807, 2.05) is 0 Å². The zero-order valence-electron chi connectivity index (χ0n) is 7.17. The zero-order valence-corrected chi connectivity index (χ0v) is 7.17. The summed E-state index contributed by atoms with van der Waals surface area (Å²) in [6.07, 6.45) is 0. The van der Waals surface area contributed by atoms with E-state index in [2.05, 4.69) is 0 Å². The highest BCUT2D eigenvalue weighted by Crippen LogP contribution is 2.23. The Hall–Kier alpha value is -1.09. The number of hydrogen-bond donors (Lipinski definition) is 1. The van der Waals surface area contributed by atoms with E-state index in [0.29, 0.717) is 5.56 Å². The fraction of sp³-hybridized carbons (Fsp3) is 0.333. The number of methoxy groups -OCH3 is 1. The van der Waals surface area contributed by atoms with Crippen LogP contribution in [0.1, 0.15) is 18.5 Å². The molecule has 0 amide bonds. The van der Waals surface area contributed by atoms with Crippen molar-refractivity contribution in [3.63, 3.8) is 0 Å².